The summed E-state index contributed by atoms with van der Waals surface area (Å²) in [6.45, 7) is 0.556. The Hall–Kier alpha value is -3.59. The van der Waals surface area contributed by atoms with Crippen molar-refractivity contribution in [3.05, 3.63) is 82.2 Å². The summed E-state index contributed by atoms with van der Waals surface area (Å²) < 4.78 is 155. The van der Waals surface area contributed by atoms with Crippen molar-refractivity contribution in [2.24, 2.45) is 0 Å². The number of hydrogen-bond acceptors (Lipinski definition) is 6. The van der Waals surface area contributed by atoms with Crippen LogP contribution < -0.4 is 13.7 Å². The molecule has 0 saturated carbocycles. The summed E-state index contributed by atoms with van der Waals surface area (Å²) in [6, 6.07) is 6.12. The van der Waals surface area contributed by atoms with E-state index in [4.69, 9.17) is 14.2 Å². The molecule has 2 heterocycles. The lowest BCUT2D eigenvalue weighted by Crippen LogP contribution is -2.21. The van der Waals surface area contributed by atoms with E-state index in [1.54, 1.807) is 0 Å². The van der Waals surface area contributed by atoms with Gasteiger partial charge in [0.25, 0.3) is 0 Å². The fourth-order valence-corrected chi connectivity index (χ4v) is 5.50. The van der Waals surface area contributed by atoms with E-state index in [0.717, 1.165) is 24.3 Å². The highest BCUT2D eigenvalue weighted by molar-refractivity contribution is 7.87. The number of benzene rings is 3. The lowest BCUT2D eigenvalue weighted by molar-refractivity contribution is -0.137. The molecule has 41 heavy (non-hydrogen) atoms. The van der Waals surface area contributed by atoms with Crippen LogP contribution in [0, 0.1) is 29.1 Å². The smallest absolute Gasteiger partial charge is 0.416 e. The predicted octanol–water partition coefficient (Wildman–Crippen LogP) is 6.25. The Kier molecular flexibility index (Phi) is 7.53. The van der Waals surface area contributed by atoms with Crippen molar-refractivity contribution in [3.63, 3.8) is 0 Å². The molecule has 0 N–H and O–H groups in total. The van der Waals surface area contributed by atoms with Gasteiger partial charge in [-0.2, -0.15) is 30.4 Å². The molecule has 3 aromatic rings. The SMILES string of the molecule is O=S(=O)(Oc1c(F)c(F)c(F)c(F)c1F)c1ccc2c(c1)OCC[C@@H]2c1ccc(C(F)(F)F)cc1O[C@H]1CCOC1. The molecule has 1 fully saturated rings. The van der Waals surface area contributed by atoms with Crippen LogP contribution in [0.25, 0.3) is 0 Å². The number of rotatable bonds is 6. The van der Waals surface area contributed by atoms with Gasteiger partial charge in [-0.05, 0) is 24.6 Å². The van der Waals surface area contributed by atoms with E-state index in [1.807, 2.05) is 0 Å². The van der Waals surface area contributed by atoms with Gasteiger partial charge >= 0.3 is 16.3 Å². The topological polar surface area (TPSA) is 71.1 Å². The molecule has 0 radical (unpaired) electrons. The van der Waals surface area contributed by atoms with Gasteiger partial charge in [0.1, 0.15) is 22.5 Å². The van der Waals surface area contributed by atoms with Crippen LogP contribution >= 0.6 is 0 Å². The van der Waals surface area contributed by atoms with Gasteiger partial charge < -0.3 is 18.4 Å². The zero-order valence-electron chi connectivity index (χ0n) is 20.5. The van der Waals surface area contributed by atoms with Crippen molar-refractivity contribution in [2.45, 2.75) is 35.9 Å². The molecule has 2 aliphatic rings. The number of fused-ring (bicyclic) bond motifs is 1. The van der Waals surface area contributed by atoms with Crippen LogP contribution in [-0.2, 0) is 21.0 Å². The van der Waals surface area contributed by atoms with Crippen LogP contribution in [0.4, 0.5) is 35.1 Å². The molecule has 6 nitrogen and oxygen atoms in total. The predicted molar refractivity (Wildman–Crippen MR) is 124 cm³/mol. The van der Waals surface area contributed by atoms with Crippen molar-refractivity contribution >= 4 is 10.1 Å². The number of alkyl halides is 3. The van der Waals surface area contributed by atoms with Crippen LogP contribution in [-0.4, -0.2) is 34.3 Å². The molecule has 220 valence electrons. The van der Waals surface area contributed by atoms with E-state index in [2.05, 4.69) is 4.18 Å². The Balaban J connectivity index is 1.50. The second-order valence-electron chi connectivity index (χ2n) is 9.18. The maximum Gasteiger partial charge on any atom is 0.416 e. The molecule has 0 spiro atoms. The first-order valence-electron chi connectivity index (χ1n) is 12.0. The monoisotopic (exact) mass is 610 g/mol. The summed E-state index contributed by atoms with van der Waals surface area (Å²) in [5.74, 6) is -15.0. The normalized spacial score (nSPS) is 19.0. The molecule has 0 amide bonds. The Morgan fingerprint density at radius 3 is 2.10 bits per heavy atom. The van der Waals surface area contributed by atoms with E-state index in [-0.39, 0.29) is 31.1 Å². The molecule has 1 saturated heterocycles. The van der Waals surface area contributed by atoms with Crippen molar-refractivity contribution in [1.82, 2.24) is 0 Å². The fraction of sp³-hybridized carbons (Fsp3) is 0.308. The highest BCUT2D eigenvalue weighted by atomic mass is 32.2. The van der Waals surface area contributed by atoms with Gasteiger partial charge in [-0.15, -0.1) is 0 Å². The quantitative estimate of drug-likeness (QED) is 0.142. The Bertz CT molecular complexity index is 1570. The summed E-state index contributed by atoms with van der Waals surface area (Å²) in [6.07, 6.45) is -4.40. The van der Waals surface area contributed by atoms with E-state index in [1.165, 1.54) is 12.1 Å². The summed E-state index contributed by atoms with van der Waals surface area (Å²) in [4.78, 5) is -0.743. The van der Waals surface area contributed by atoms with E-state index in [0.29, 0.717) is 24.2 Å². The van der Waals surface area contributed by atoms with Crippen LogP contribution in [0.1, 0.15) is 35.4 Å². The maximum atomic E-state index is 14.0. The van der Waals surface area contributed by atoms with Gasteiger partial charge in [0.05, 0.1) is 25.4 Å². The molecule has 0 unspecified atom stereocenters. The fourth-order valence-electron chi connectivity index (χ4n) is 4.55. The summed E-state index contributed by atoms with van der Waals surface area (Å²) in [7, 11) is -5.15. The Labute approximate surface area is 227 Å². The number of halogens is 8. The molecule has 3 aromatic carbocycles. The highest BCUT2D eigenvalue weighted by Gasteiger charge is 2.35. The molecule has 2 aliphatic heterocycles. The highest BCUT2D eigenvalue weighted by Crippen LogP contribution is 2.45. The summed E-state index contributed by atoms with van der Waals surface area (Å²) >= 11 is 0. The van der Waals surface area contributed by atoms with Gasteiger partial charge in [0, 0.05) is 29.5 Å². The third-order valence-corrected chi connectivity index (χ3v) is 7.79. The molecule has 0 bridgehead atoms. The molecule has 2 atom stereocenters. The molecule has 0 aromatic heterocycles. The molecule has 5 rings (SSSR count). The third kappa shape index (κ3) is 5.52. The minimum Gasteiger partial charge on any atom is -0.493 e. The van der Waals surface area contributed by atoms with Crippen LogP contribution in [0.3, 0.4) is 0 Å². The van der Waals surface area contributed by atoms with Crippen molar-refractivity contribution in [3.8, 4) is 17.2 Å². The van der Waals surface area contributed by atoms with Gasteiger partial charge in [-0.25, -0.2) is 13.2 Å². The summed E-state index contributed by atoms with van der Waals surface area (Å²) in [5, 5.41) is 0. The van der Waals surface area contributed by atoms with Gasteiger partial charge in [0.2, 0.25) is 34.8 Å². The Morgan fingerprint density at radius 2 is 1.46 bits per heavy atom. The van der Waals surface area contributed by atoms with E-state index < -0.39 is 73.6 Å². The van der Waals surface area contributed by atoms with Crippen LogP contribution in [0.2, 0.25) is 0 Å². The third-order valence-electron chi connectivity index (χ3n) is 6.57. The van der Waals surface area contributed by atoms with Crippen molar-refractivity contribution < 1.29 is 61.9 Å². The minimum atomic E-state index is -5.15. The minimum absolute atomic E-state index is 0.00727. The van der Waals surface area contributed by atoms with E-state index >= 15 is 0 Å². The van der Waals surface area contributed by atoms with Crippen molar-refractivity contribution in [2.75, 3.05) is 19.8 Å². The number of hydrogen-bond donors (Lipinski definition) is 0. The average Bonchev–Trinajstić information content (AvgIpc) is 3.45. The zero-order chi connectivity index (χ0) is 29.7. The summed E-state index contributed by atoms with van der Waals surface area (Å²) in [5.41, 5.74) is -0.226. The van der Waals surface area contributed by atoms with E-state index in [9.17, 15) is 43.5 Å². The van der Waals surface area contributed by atoms with Crippen molar-refractivity contribution in [1.29, 1.82) is 0 Å². The van der Waals surface area contributed by atoms with Gasteiger partial charge in [-0.3, -0.25) is 0 Å². The first kappa shape index (κ1) is 28.9. The second kappa shape index (κ2) is 10.7. The number of ether oxygens (including phenoxy) is 3. The van der Waals surface area contributed by atoms with Gasteiger partial charge in [-0.1, -0.05) is 12.1 Å². The first-order chi connectivity index (χ1) is 19.3. The van der Waals surface area contributed by atoms with Crippen LogP contribution in [0.15, 0.2) is 41.3 Å². The molecule has 15 heteroatoms. The molecular weight excluding hydrogens is 592 g/mol. The zero-order valence-corrected chi connectivity index (χ0v) is 21.4. The largest absolute Gasteiger partial charge is 0.493 e. The molecule has 0 aliphatic carbocycles. The first-order valence-corrected chi connectivity index (χ1v) is 13.4. The lowest BCUT2D eigenvalue weighted by atomic mass is 9.85. The second-order valence-corrected chi connectivity index (χ2v) is 10.7. The lowest BCUT2D eigenvalue weighted by Gasteiger charge is -2.29. The standard InChI is InChI=1S/C26H18F8O6S/c27-20-21(28)23(30)25(24(31)22(20)29)40-41(35,36)14-2-4-16-15(6-8-38-18(16)10-14)17-3-1-12(26(32,33)34)9-19(17)39-13-5-7-37-11-13/h1-4,9-10,13,15H,5-8,11H2/t13-,15-/m0/s1. The molecular formula is C26H18F8O6S. The average molecular weight is 610 g/mol. The maximum absolute atomic E-state index is 14.0. The van der Waals surface area contributed by atoms with Crippen LogP contribution in [0.5, 0.6) is 17.2 Å². The Morgan fingerprint density at radius 1 is 0.805 bits per heavy atom. The van der Waals surface area contributed by atoms with Gasteiger partial charge in [0.15, 0.2) is 0 Å².